The number of benzene rings is 1. The standard InChI is InChI=1S/C25H25F3N6O2/c1-23(2)21(35)34(19-5-3-17(4-6-19)24(9-10-24)25(26,27)28)22(36)33(23)15-16-7-11-29-20(13-16)30-14-18-8-12-31-32-18/h3-8,11-13H,9-10,14-15H2,1-2H3,(H,29,30)(H,31,32). The maximum Gasteiger partial charge on any atom is 0.398 e. The van der Waals surface area contributed by atoms with Crippen LogP contribution in [0.2, 0.25) is 0 Å². The second-order valence-electron chi connectivity index (χ2n) is 9.66. The fraction of sp³-hybridized carbons (Fsp3) is 0.360. The molecule has 0 bridgehead atoms. The van der Waals surface area contributed by atoms with Crippen molar-refractivity contribution in [1.29, 1.82) is 0 Å². The van der Waals surface area contributed by atoms with Crippen LogP contribution in [0.25, 0.3) is 0 Å². The van der Waals surface area contributed by atoms with Gasteiger partial charge in [0.15, 0.2) is 0 Å². The van der Waals surface area contributed by atoms with Crippen molar-refractivity contribution in [3.8, 4) is 0 Å². The van der Waals surface area contributed by atoms with Gasteiger partial charge in [-0.05, 0) is 68.1 Å². The Morgan fingerprint density at radius 3 is 2.42 bits per heavy atom. The summed E-state index contributed by atoms with van der Waals surface area (Å²) in [5.74, 6) is 0.153. The number of aromatic nitrogens is 3. The van der Waals surface area contributed by atoms with Gasteiger partial charge in [0.25, 0.3) is 5.91 Å². The van der Waals surface area contributed by atoms with E-state index in [-0.39, 0.29) is 30.6 Å². The van der Waals surface area contributed by atoms with E-state index in [0.29, 0.717) is 12.4 Å². The SMILES string of the molecule is CC1(C)C(=O)N(c2ccc(C3(C(F)(F)F)CC3)cc2)C(=O)N1Cc1ccnc(NCc2cc[nH]n2)c1. The van der Waals surface area contributed by atoms with Crippen LogP contribution in [0.5, 0.6) is 0 Å². The lowest BCUT2D eigenvalue weighted by atomic mass is 9.95. The molecule has 3 heterocycles. The summed E-state index contributed by atoms with van der Waals surface area (Å²) < 4.78 is 40.4. The first-order valence-electron chi connectivity index (χ1n) is 11.5. The molecule has 36 heavy (non-hydrogen) atoms. The van der Waals surface area contributed by atoms with E-state index in [2.05, 4.69) is 20.5 Å². The van der Waals surface area contributed by atoms with Crippen molar-refractivity contribution in [2.24, 2.45) is 0 Å². The highest BCUT2D eigenvalue weighted by molar-refractivity contribution is 6.22. The molecular formula is C25H25F3N6O2. The maximum absolute atomic E-state index is 13.5. The van der Waals surface area contributed by atoms with Crippen molar-refractivity contribution >= 4 is 23.4 Å². The number of nitrogens with zero attached hydrogens (tertiary/aromatic N) is 4. The van der Waals surface area contributed by atoms with E-state index in [1.54, 1.807) is 38.4 Å². The lowest BCUT2D eigenvalue weighted by Gasteiger charge is -2.27. The van der Waals surface area contributed by atoms with Gasteiger partial charge in [-0.2, -0.15) is 18.3 Å². The van der Waals surface area contributed by atoms with Gasteiger partial charge in [-0.25, -0.2) is 14.7 Å². The first kappa shape index (κ1) is 23.8. The summed E-state index contributed by atoms with van der Waals surface area (Å²) in [6, 6.07) is 10.4. The topological polar surface area (TPSA) is 94.2 Å². The zero-order chi connectivity index (χ0) is 25.7. The summed E-state index contributed by atoms with van der Waals surface area (Å²) in [7, 11) is 0. The number of rotatable bonds is 7. The van der Waals surface area contributed by atoms with Crippen LogP contribution in [-0.4, -0.2) is 43.7 Å². The summed E-state index contributed by atoms with van der Waals surface area (Å²) in [5, 5.41) is 9.98. The number of amides is 3. The highest BCUT2D eigenvalue weighted by Gasteiger charge is 2.64. The third-order valence-electron chi connectivity index (χ3n) is 6.97. The Kier molecular flexibility index (Phi) is 5.53. The summed E-state index contributed by atoms with van der Waals surface area (Å²) in [6.07, 6.45) is -0.907. The number of nitrogens with one attached hydrogen (secondary N) is 2. The number of anilines is 2. The predicted octanol–water partition coefficient (Wildman–Crippen LogP) is 4.76. The molecule has 0 unspecified atom stereocenters. The molecule has 2 fully saturated rings. The molecule has 0 radical (unpaired) electrons. The largest absolute Gasteiger partial charge is 0.398 e. The fourth-order valence-electron chi connectivity index (χ4n) is 4.54. The second kappa shape index (κ2) is 8.35. The number of H-pyrrole nitrogens is 1. The molecule has 0 atom stereocenters. The van der Waals surface area contributed by atoms with Crippen molar-refractivity contribution in [1.82, 2.24) is 20.1 Å². The number of urea groups is 1. The van der Waals surface area contributed by atoms with Gasteiger partial charge in [0.2, 0.25) is 0 Å². The molecule has 5 rings (SSSR count). The van der Waals surface area contributed by atoms with Gasteiger partial charge < -0.3 is 10.2 Å². The molecule has 1 saturated carbocycles. The minimum atomic E-state index is -4.33. The van der Waals surface area contributed by atoms with Crippen LogP contribution in [0.1, 0.15) is 43.5 Å². The molecule has 1 aliphatic carbocycles. The third kappa shape index (κ3) is 3.98. The van der Waals surface area contributed by atoms with Gasteiger partial charge in [0, 0.05) is 18.9 Å². The number of hydrogen-bond acceptors (Lipinski definition) is 5. The van der Waals surface area contributed by atoms with E-state index in [9.17, 15) is 22.8 Å². The molecule has 2 aliphatic rings. The van der Waals surface area contributed by atoms with Crippen LogP contribution in [0, 0.1) is 0 Å². The monoisotopic (exact) mass is 498 g/mol. The second-order valence-corrected chi connectivity index (χ2v) is 9.66. The van der Waals surface area contributed by atoms with Crippen LogP contribution in [-0.2, 0) is 23.3 Å². The zero-order valence-corrected chi connectivity index (χ0v) is 19.8. The Balaban J connectivity index is 1.34. The normalized spacial score (nSPS) is 18.6. The fourth-order valence-corrected chi connectivity index (χ4v) is 4.54. The van der Waals surface area contributed by atoms with Gasteiger partial charge in [-0.3, -0.25) is 9.89 Å². The number of carbonyl (C=O) groups is 2. The van der Waals surface area contributed by atoms with Gasteiger partial charge in [0.1, 0.15) is 11.4 Å². The van der Waals surface area contributed by atoms with E-state index in [1.807, 2.05) is 6.07 Å². The van der Waals surface area contributed by atoms with E-state index in [0.717, 1.165) is 16.2 Å². The molecule has 1 saturated heterocycles. The number of alkyl halides is 3. The van der Waals surface area contributed by atoms with Crippen LogP contribution < -0.4 is 10.2 Å². The summed E-state index contributed by atoms with van der Waals surface area (Å²) in [5.41, 5.74) is -0.986. The van der Waals surface area contributed by atoms with Crippen molar-refractivity contribution in [3.05, 3.63) is 71.7 Å². The number of carbonyl (C=O) groups excluding carboxylic acids is 2. The zero-order valence-electron chi connectivity index (χ0n) is 19.8. The molecule has 0 spiro atoms. The minimum Gasteiger partial charge on any atom is -0.364 e. The Hall–Kier alpha value is -3.89. The van der Waals surface area contributed by atoms with E-state index < -0.39 is 29.1 Å². The molecule has 2 N–H and O–H groups in total. The van der Waals surface area contributed by atoms with Crippen molar-refractivity contribution in [3.63, 3.8) is 0 Å². The molecule has 8 nitrogen and oxygen atoms in total. The van der Waals surface area contributed by atoms with Gasteiger partial charge in [-0.1, -0.05) is 12.1 Å². The molecule has 1 aliphatic heterocycles. The highest BCUT2D eigenvalue weighted by atomic mass is 19.4. The first-order chi connectivity index (χ1) is 17.0. The smallest absolute Gasteiger partial charge is 0.364 e. The van der Waals surface area contributed by atoms with Gasteiger partial charge in [0.05, 0.1) is 23.3 Å². The van der Waals surface area contributed by atoms with E-state index >= 15 is 0 Å². The lowest BCUT2D eigenvalue weighted by molar-refractivity contribution is -0.160. The average Bonchev–Trinajstić information content (AvgIpc) is 3.47. The average molecular weight is 499 g/mol. The van der Waals surface area contributed by atoms with Crippen LogP contribution in [0.3, 0.4) is 0 Å². The summed E-state index contributed by atoms with van der Waals surface area (Å²) >= 11 is 0. The lowest BCUT2D eigenvalue weighted by Crippen LogP contribution is -2.43. The third-order valence-corrected chi connectivity index (χ3v) is 6.97. The Labute approximate surface area is 205 Å². The van der Waals surface area contributed by atoms with E-state index in [1.165, 1.54) is 29.2 Å². The molecule has 188 valence electrons. The number of hydrogen-bond donors (Lipinski definition) is 2. The van der Waals surface area contributed by atoms with Crippen molar-refractivity contribution in [2.75, 3.05) is 10.2 Å². The first-order valence-corrected chi connectivity index (χ1v) is 11.5. The van der Waals surface area contributed by atoms with Gasteiger partial charge >= 0.3 is 12.2 Å². The quantitative estimate of drug-likeness (QED) is 0.458. The number of halogens is 3. The predicted molar refractivity (Wildman–Crippen MR) is 126 cm³/mol. The Morgan fingerprint density at radius 1 is 1.08 bits per heavy atom. The van der Waals surface area contributed by atoms with Crippen LogP contribution in [0.15, 0.2) is 54.9 Å². The maximum atomic E-state index is 13.5. The van der Waals surface area contributed by atoms with Gasteiger partial charge in [-0.15, -0.1) is 0 Å². The van der Waals surface area contributed by atoms with E-state index in [4.69, 9.17) is 0 Å². The Bertz CT molecular complexity index is 1280. The minimum absolute atomic E-state index is 0.0444. The Morgan fingerprint density at radius 2 is 1.81 bits per heavy atom. The van der Waals surface area contributed by atoms with Crippen LogP contribution >= 0.6 is 0 Å². The van der Waals surface area contributed by atoms with Crippen molar-refractivity contribution < 1.29 is 22.8 Å². The molecule has 1 aromatic carbocycles. The molecule has 2 aromatic heterocycles. The summed E-state index contributed by atoms with van der Waals surface area (Å²) in [4.78, 5) is 33.4. The highest BCUT2D eigenvalue weighted by Crippen LogP contribution is 2.59. The van der Waals surface area contributed by atoms with Crippen LogP contribution in [0.4, 0.5) is 29.5 Å². The molecule has 11 heteroatoms. The molecular weight excluding hydrogens is 473 g/mol. The molecule has 3 amide bonds. The number of pyridine rings is 1. The number of imide groups is 1. The number of aromatic amines is 1. The molecule has 3 aromatic rings. The van der Waals surface area contributed by atoms with Crippen molar-refractivity contribution in [2.45, 2.75) is 56.9 Å². The summed E-state index contributed by atoms with van der Waals surface area (Å²) in [6.45, 7) is 3.93.